The number of rotatable bonds is 5. The van der Waals surface area contributed by atoms with Crippen molar-refractivity contribution in [2.45, 2.75) is 18.4 Å². The van der Waals surface area contributed by atoms with Gasteiger partial charge in [-0.25, -0.2) is 13.8 Å². The van der Waals surface area contributed by atoms with Crippen LogP contribution >= 0.6 is 0 Å². The Hall–Kier alpha value is -3.55. The molecule has 3 aromatic rings. The molecule has 1 unspecified atom stereocenters. The zero-order chi connectivity index (χ0) is 21.3. The minimum Gasteiger partial charge on any atom is -0.466 e. The number of hydrogen-bond acceptors (Lipinski definition) is 4. The number of H-pyrrole nitrogens is 1. The highest BCUT2D eigenvalue weighted by atomic mass is 19.3. The minimum absolute atomic E-state index is 0.0503. The number of aromatic nitrogens is 3. The van der Waals surface area contributed by atoms with E-state index in [9.17, 15) is 13.6 Å². The Balaban J connectivity index is 1.55. The third-order valence-corrected chi connectivity index (χ3v) is 5.15. The molecule has 3 heterocycles. The number of ether oxygens (including phenoxy) is 1. The van der Waals surface area contributed by atoms with Gasteiger partial charge in [-0.15, -0.1) is 0 Å². The van der Waals surface area contributed by atoms with Gasteiger partial charge in [-0.1, -0.05) is 19.2 Å². The van der Waals surface area contributed by atoms with Crippen molar-refractivity contribution in [3.63, 3.8) is 0 Å². The summed E-state index contributed by atoms with van der Waals surface area (Å²) in [6, 6.07) is 8.27. The molecule has 1 aliphatic heterocycles. The van der Waals surface area contributed by atoms with Crippen LogP contribution in [0.5, 0.6) is 5.88 Å². The standard InChI is InChI=1S/C22H20F2N4O2/c1-3-14-6-8-20(26-17(14)4-2)30-19-13-28(10-9-22(19,23)24)21(29)15-5-7-18-16(11-15)12-25-27-18/h3-8,11-12,19H,1-2,9-10,13H2,(H,25,27). The van der Waals surface area contributed by atoms with Crippen LogP contribution in [-0.4, -0.2) is 51.1 Å². The van der Waals surface area contributed by atoms with E-state index in [-0.39, 0.29) is 24.9 Å². The molecule has 4 rings (SSSR count). The number of carbonyl (C=O) groups is 1. The van der Waals surface area contributed by atoms with E-state index < -0.39 is 18.4 Å². The van der Waals surface area contributed by atoms with Gasteiger partial charge in [-0.3, -0.25) is 9.89 Å². The number of piperidine rings is 1. The fourth-order valence-corrected chi connectivity index (χ4v) is 3.45. The second kappa shape index (κ2) is 7.70. The van der Waals surface area contributed by atoms with Crippen LogP contribution in [0.3, 0.4) is 0 Å². The van der Waals surface area contributed by atoms with Crippen LogP contribution in [0, 0.1) is 0 Å². The number of nitrogens with zero attached hydrogens (tertiary/aromatic N) is 3. The summed E-state index contributed by atoms with van der Waals surface area (Å²) in [6.07, 6.45) is 2.71. The van der Waals surface area contributed by atoms with Crippen LogP contribution in [-0.2, 0) is 0 Å². The largest absolute Gasteiger partial charge is 0.466 e. The normalized spacial score (nSPS) is 18.2. The van der Waals surface area contributed by atoms with Gasteiger partial charge in [0.2, 0.25) is 5.88 Å². The molecule has 1 aromatic carbocycles. The van der Waals surface area contributed by atoms with E-state index in [2.05, 4.69) is 28.3 Å². The van der Waals surface area contributed by atoms with E-state index in [0.29, 0.717) is 11.3 Å². The molecule has 0 saturated carbocycles. The number of amides is 1. The highest BCUT2D eigenvalue weighted by Crippen LogP contribution is 2.32. The van der Waals surface area contributed by atoms with E-state index in [0.717, 1.165) is 16.5 Å². The third-order valence-electron chi connectivity index (χ3n) is 5.15. The average Bonchev–Trinajstić information content (AvgIpc) is 3.22. The van der Waals surface area contributed by atoms with Crippen molar-refractivity contribution in [3.8, 4) is 5.88 Å². The molecular weight excluding hydrogens is 390 g/mol. The molecule has 0 bridgehead atoms. The van der Waals surface area contributed by atoms with Gasteiger partial charge in [-0.2, -0.15) is 5.10 Å². The molecule has 1 saturated heterocycles. The van der Waals surface area contributed by atoms with Crippen molar-refractivity contribution in [2.24, 2.45) is 0 Å². The Bertz CT molecular complexity index is 1130. The van der Waals surface area contributed by atoms with Crippen LogP contribution in [0.2, 0.25) is 0 Å². The second-order valence-electron chi connectivity index (χ2n) is 7.07. The van der Waals surface area contributed by atoms with Gasteiger partial charge in [0.25, 0.3) is 11.8 Å². The maximum Gasteiger partial charge on any atom is 0.287 e. The van der Waals surface area contributed by atoms with Crippen molar-refractivity contribution in [3.05, 3.63) is 66.5 Å². The summed E-state index contributed by atoms with van der Waals surface area (Å²) < 4.78 is 34.6. The number of pyridine rings is 1. The lowest BCUT2D eigenvalue weighted by molar-refractivity contribution is -0.131. The van der Waals surface area contributed by atoms with Crippen molar-refractivity contribution < 1.29 is 18.3 Å². The molecule has 154 valence electrons. The van der Waals surface area contributed by atoms with Gasteiger partial charge >= 0.3 is 0 Å². The third kappa shape index (κ3) is 3.68. The number of nitrogens with one attached hydrogen (secondary N) is 1. The summed E-state index contributed by atoms with van der Waals surface area (Å²) in [5.41, 5.74) is 2.42. The number of alkyl halides is 2. The van der Waals surface area contributed by atoms with Gasteiger partial charge in [0, 0.05) is 30.0 Å². The van der Waals surface area contributed by atoms with Crippen LogP contribution in [0.4, 0.5) is 8.78 Å². The molecule has 1 fully saturated rings. The van der Waals surface area contributed by atoms with Gasteiger partial charge in [-0.05, 0) is 35.9 Å². The zero-order valence-corrected chi connectivity index (χ0v) is 16.1. The van der Waals surface area contributed by atoms with Crippen LogP contribution < -0.4 is 4.74 Å². The Morgan fingerprint density at radius 2 is 2.10 bits per heavy atom. The Kier molecular flexibility index (Phi) is 5.07. The molecule has 0 spiro atoms. The lowest BCUT2D eigenvalue weighted by Gasteiger charge is -2.38. The molecule has 2 aromatic heterocycles. The van der Waals surface area contributed by atoms with Gasteiger partial charge < -0.3 is 9.64 Å². The van der Waals surface area contributed by atoms with E-state index in [4.69, 9.17) is 4.74 Å². The van der Waals surface area contributed by atoms with E-state index in [1.807, 2.05) is 0 Å². The zero-order valence-electron chi connectivity index (χ0n) is 16.1. The lowest BCUT2D eigenvalue weighted by Crippen LogP contribution is -2.55. The van der Waals surface area contributed by atoms with Crippen LogP contribution in [0.1, 0.15) is 28.0 Å². The first kappa shape index (κ1) is 19.8. The average molecular weight is 410 g/mol. The van der Waals surface area contributed by atoms with E-state index in [1.165, 1.54) is 17.0 Å². The first-order valence-electron chi connectivity index (χ1n) is 9.44. The predicted octanol–water partition coefficient (Wildman–Crippen LogP) is 4.17. The van der Waals surface area contributed by atoms with Crippen molar-refractivity contribution >= 4 is 29.0 Å². The molecule has 1 aliphatic rings. The fraction of sp³-hybridized carbons (Fsp3) is 0.227. The summed E-state index contributed by atoms with van der Waals surface area (Å²) in [4.78, 5) is 18.5. The first-order valence-corrected chi connectivity index (χ1v) is 9.44. The molecule has 30 heavy (non-hydrogen) atoms. The second-order valence-corrected chi connectivity index (χ2v) is 7.07. The number of likely N-dealkylation sites (tertiary alicyclic amines) is 1. The topological polar surface area (TPSA) is 71.1 Å². The molecule has 0 aliphatic carbocycles. The smallest absolute Gasteiger partial charge is 0.287 e. The SMILES string of the molecule is C=Cc1ccc(OC2CN(C(=O)c3ccc4[nH]ncc4c3)CCC2(F)F)nc1C=C. The minimum atomic E-state index is -3.08. The molecule has 6 nitrogen and oxygen atoms in total. The summed E-state index contributed by atoms with van der Waals surface area (Å²) in [6.45, 7) is 7.05. The number of aromatic amines is 1. The van der Waals surface area contributed by atoms with Crippen molar-refractivity contribution in [2.75, 3.05) is 13.1 Å². The molecule has 1 N–H and O–H groups in total. The quantitative estimate of drug-likeness (QED) is 0.685. The molecule has 1 amide bonds. The summed E-state index contributed by atoms with van der Waals surface area (Å²) in [7, 11) is 0. The first-order chi connectivity index (χ1) is 14.4. The summed E-state index contributed by atoms with van der Waals surface area (Å²) in [5.74, 6) is -3.36. The van der Waals surface area contributed by atoms with Gasteiger partial charge in [0.05, 0.1) is 24.0 Å². The fourth-order valence-electron chi connectivity index (χ4n) is 3.45. The van der Waals surface area contributed by atoms with Crippen LogP contribution in [0.15, 0.2) is 49.7 Å². The number of fused-ring (bicyclic) bond motifs is 1. The molecular formula is C22H20F2N4O2. The number of hydrogen-bond donors (Lipinski definition) is 1. The van der Waals surface area contributed by atoms with Gasteiger partial charge in [0.15, 0.2) is 6.10 Å². The monoisotopic (exact) mass is 410 g/mol. The Morgan fingerprint density at radius 3 is 2.87 bits per heavy atom. The molecule has 8 heteroatoms. The predicted molar refractivity (Wildman–Crippen MR) is 110 cm³/mol. The Labute approximate surface area is 171 Å². The summed E-state index contributed by atoms with van der Waals surface area (Å²) >= 11 is 0. The van der Waals surface area contributed by atoms with Gasteiger partial charge in [0.1, 0.15) is 0 Å². The highest BCUT2D eigenvalue weighted by Gasteiger charge is 2.47. The number of carbonyl (C=O) groups excluding carboxylic acids is 1. The van der Waals surface area contributed by atoms with E-state index >= 15 is 0 Å². The van der Waals surface area contributed by atoms with E-state index in [1.54, 1.807) is 36.5 Å². The Morgan fingerprint density at radius 1 is 1.27 bits per heavy atom. The maximum atomic E-state index is 14.5. The van der Waals surface area contributed by atoms with Crippen molar-refractivity contribution in [1.82, 2.24) is 20.1 Å². The highest BCUT2D eigenvalue weighted by molar-refractivity contribution is 5.98. The lowest BCUT2D eigenvalue weighted by atomic mass is 10.0. The van der Waals surface area contributed by atoms with Crippen molar-refractivity contribution in [1.29, 1.82) is 0 Å². The number of benzene rings is 1. The molecule has 1 atom stereocenters. The maximum absolute atomic E-state index is 14.5. The molecule has 0 radical (unpaired) electrons. The summed E-state index contributed by atoms with van der Waals surface area (Å²) in [5, 5.41) is 7.52. The van der Waals surface area contributed by atoms with Crippen LogP contribution in [0.25, 0.3) is 23.1 Å². The number of halogens is 2.